The SMILES string of the molecule is O=S(=O)(c1ccc(CNc2nccc(Oc3ccc(F)cc3)n2)cc1)N1CCOCC1. The van der Waals surface area contributed by atoms with Gasteiger partial charge in [0.1, 0.15) is 11.6 Å². The molecule has 0 amide bonds. The minimum absolute atomic E-state index is 0.254. The number of halogens is 1. The third-order valence-corrected chi connectivity index (χ3v) is 6.56. The Hall–Kier alpha value is -3.08. The minimum atomic E-state index is -3.52. The second kappa shape index (κ2) is 9.38. The van der Waals surface area contributed by atoms with Crippen LogP contribution in [0.4, 0.5) is 10.3 Å². The maximum absolute atomic E-state index is 13.0. The number of nitrogens with zero attached hydrogens (tertiary/aromatic N) is 3. The lowest BCUT2D eigenvalue weighted by Gasteiger charge is -2.26. The normalized spacial score (nSPS) is 14.9. The molecule has 162 valence electrons. The van der Waals surface area contributed by atoms with Crippen molar-refractivity contribution in [1.29, 1.82) is 0 Å². The summed E-state index contributed by atoms with van der Waals surface area (Å²) in [7, 11) is -3.52. The molecule has 1 fully saturated rings. The van der Waals surface area contributed by atoms with Crippen molar-refractivity contribution in [3.8, 4) is 11.6 Å². The fraction of sp³-hybridized carbons (Fsp3) is 0.238. The standard InChI is InChI=1S/C21H21FN4O4S/c22-17-3-5-18(6-4-17)30-20-9-10-23-21(25-20)24-15-16-1-7-19(8-2-16)31(27,28)26-11-13-29-14-12-26/h1-10H,11-15H2,(H,23,24,25). The Morgan fingerprint density at radius 2 is 1.74 bits per heavy atom. The molecule has 0 radical (unpaired) electrons. The summed E-state index contributed by atoms with van der Waals surface area (Å²) in [6.45, 7) is 1.94. The third-order valence-electron chi connectivity index (χ3n) is 4.65. The molecule has 0 spiro atoms. The molecule has 1 aliphatic rings. The van der Waals surface area contributed by atoms with E-state index in [1.54, 1.807) is 36.5 Å². The van der Waals surface area contributed by atoms with Gasteiger partial charge in [0.25, 0.3) is 0 Å². The molecule has 1 aliphatic heterocycles. The Balaban J connectivity index is 1.37. The molecule has 0 aliphatic carbocycles. The van der Waals surface area contributed by atoms with Gasteiger partial charge in [0, 0.05) is 31.9 Å². The van der Waals surface area contributed by atoms with E-state index in [9.17, 15) is 12.8 Å². The highest BCUT2D eigenvalue weighted by atomic mass is 32.2. The van der Waals surface area contributed by atoms with Crippen molar-refractivity contribution in [2.75, 3.05) is 31.6 Å². The van der Waals surface area contributed by atoms with Crippen LogP contribution in [0.2, 0.25) is 0 Å². The summed E-state index contributed by atoms with van der Waals surface area (Å²) in [5.74, 6) is 0.782. The van der Waals surface area contributed by atoms with Gasteiger partial charge in [-0.05, 0) is 42.0 Å². The number of hydrogen-bond acceptors (Lipinski definition) is 7. The van der Waals surface area contributed by atoms with E-state index >= 15 is 0 Å². The summed E-state index contributed by atoms with van der Waals surface area (Å²) in [6, 6.07) is 13.9. The van der Waals surface area contributed by atoms with E-state index in [-0.39, 0.29) is 10.7 Å². The third kappa shape index (κ3) is 5.35. The molecule has 8 nitrogen and oxygen atoms in total. The topological polar surface area (TPSA) is 93.7 Å². The van der Waals surface area contributed by atoms with Crippen LogP contribution < -0.4 is 10.1 Å². The van der Waals surface area contributed by atoms with Crippen molar-refractivity contribution in [3.05, 3.63) is 72.2 Å². The highest BCUT2D eigenvalue weighted by Crippen LogP contribution is 2.21. The van der Waals surface area contributed by atoms with Crippen molar-refractivity contribution >= 4 is 16.0 Å². The van der Waals surface area contributed by atoms with Crippen LogP contribution in [0, 0.1) is 5.82 Å². The lowest BCUT2D eigenvalue weighted by Crippen LogP contribution is -2.40. The van der Waals surface area contributed by atoms with Gasteiger partial charge in [0.05, 0.1) is 18.1 Å². The van der Waals surface area contributed by atoms with Gasteiger partial charge in [-0.3, -0.25) is 0 Å². The van der Waals surface area contributed by atoms with Crippen molar-refractivity contribution in [2.24, 2.45) is 0 Å². The molecule has 0 bridgehead atoms. The Bertz CT molecular complexity index is 1120. The minimum Gasteiger partial charge on any atom is -0.439 e. The molecule has 1 saturated heterocycles. The van der Waals surface area contributed by atoms with E-state index in [4.69, 9.17) is 9.47 Å². The first-order valence-corrected chi connectivity index (χ1v) is 11.1. The average molecular weight is 444 g/mol. The van der Waals surface area contributed by atoms with Gasteiger partial charge >= 0.3 is 0 Å². The van der Waals surface area contributed by atoms with Crippen molar-refractivity contribution in [1.82, 2.24) is 14.3 Å². The van der Waals surface area contributed by atoms with Crippen LogP contribution in [-0.4, -0.2) is 49.0 Å². The van der Waals surface area contributed by atoms with Crippen LogP contribution in [0.3, 0.4) is 0 Å². The smallest absolute Gasteiger partial charge is 0.243 e. The summed E-state index contributed by atoms with van der Waals surface area (Å²) in [5, 5.41) is 3.08. The van der Waals surface area contributed by atoms with Gasteiger partial charge < -0.3 is 14.8 Å². The zero-order valence-corrected chi connectivity index (χ0v) is 17.4. The number of aromatic nitrogens is 2. The summed E-state index contributed by atoms with van der Waals surface area (Å²) in [4.78, 5) is 8.68. The molecule has 0 saturated carbocycles. The summed E-state index contributed by atoms with van der Waals surface area (Å²) in [5.41, 5.74) is 0.870. The van der Waals surface area contributed by atoms with E-state index in [0.717, 1.165) is 5.56 Å². The lowest BCUT2D eigenvalue weighted by molar-refractivity contribution is 0.0730. The largest absolute Gasteiger partial charge is 0.439 e. The van der Waals surface area contributed by atoms with Crippen LogP contribution in [0.15, 0.2) is 65.7 Å². The molecular weight excluding hydrogens is 423 g/mol. The van der Waals surface area contributed by atoms with E-state index < -0.39 is 10.0 Å². The van der Waals surface area contributed by atoms with Crippen molar-refractivity contribution in [3.63, 3.8) is 0 Å². The van der Waals surface area contributed by atoms with Gasteiger partial charge in [-0.15, -0.1) is 0 Å². The van der Waals surface area contributed by atoms with E-state index in [1.165, 1.54) is 28.6 Å². The van der Waals surface area contributed by atoms with E-state index in [1.807, 2.05) is 0 Å². The number of rotatable bonds is 7. The Morgan fingerprint density at radius 1 is 1.03 bits per heavy atom. The second-order valence-corrected chi connectivity index (χ2v) is 8.73. The highest BCUT2D eigenvalue weighted by molar-refractivity contribution is 7.89. The second-order valence-electron chi connectivity index (χ2n) is 6.79. The van der Waals surface area contributed by atoms with Gasteiger partial charge in [-0.2, -0.15) is 9.29 Å². The van der Waals surface area contributed by atoms with E-state index in [2.05, 4.69) is 15.3 Å². The molecule has 2 aromatic carbocycles. The Morgan fingerprint density at radius 3 is 2.45 bits per heavy atom. The predicted molar refractivity (Wildman–Crippen MR) is 112 cm³/mol. The molecule has 3 aromatic rings. The molecule has 4 rings (SSSR count). The Labute approximate surface area is 179 Å². The first kappa shape index (κ1) is 21.2. The molecule has 10 heteroatoms. The average Bonchev–Trinajstić information content (AvgIpc) is 2.80. The van der Waals surface area contributed by atoms with Crippen LogP contribution in [0.1, 0.15) is 5.56 Å². The zero-order valence-electron chi connectivity index (χ0n) is 16.6. The quantitative estimate of drug-likeness (QED) is 0.599. The van der Waals surface area contributed by atoms with Crippen LogP contribution in [0.25, 0.3) is 0 Å². The predicted octanol–water partition coefficient (Wildman–Crippen LogP) is 3.04. The number of hydrogen-bond donors (Lipinski definition) is 1. The number of ether oxygens (including phenoxy) is 2. The maximum Gasteiger partial charge on any atom is 0.243 e. The van der Waals surface area contributed by atoms with Gasteiger partial charge in [0.15, 0.2) is 0 Å². The Kier molecular flexibility index (Phi) is 6.40. The first-order chi connectivity index (χ1) is 15.0. The number of morpholine rings is 1. The fourth-order valence-electron chi connectivity index (χ4n) is 3.00. The van der Waals surface area contributed by atoms with Crippen LogP contribution in [-0.2, 0) is 21.3 Å². The summed E-state index contributed by atoms with van der Waals surface area (Å²) >= 11 is 0. The van der Waals surface area contributed by atoms with E-state index in [0.29, 0.717) is 50.4 Å². The maximum atomic E-state index is 13.0. The van der Waals surface area contributed by atoms with Crippen LogP contribution in [0.5, 0.6) is 11.6 Å². The number of nitrogens with one attached hydrogen (secondary N) is 1. The van der Waals surface area contributed by atoms with Gasteiger partial charge in [-0.1, -0.05) is 12.1 Å². The number of sulfonamides is 1. The molecule has 1 N–H and O–H groups in total. The number of anilines is 1. The van der Waals surface area contributed by atoms with Crippen LogP contribution >= 0.6 is 0 Å². The fourth-order valence-corrected chi connectivity index (χ4v) is 4.41. The monoisotopic (exact) mass is 444 g/mol. The van der Waals surface area contributed by atoms with Gasteiger partial charge in [0.2, 0.25) is 21.9 Å². The van der Waals surface area contributed by atoms with Crippen molar-refractivity contribution in [2.45, 2.75) is 11.4 Å². The zero-order chi connectivity index (χ0) is 21.7. The molecular formula is C21H21FN4O4S. The summed E-state index contributed by atoms with van der Waals surface area (Å²) in [6.07, 6.45) is 1.55. The molecule has 1 aromatic heterocycles. The molecule has 0 atom stereocenters. The number of benzene rings is 2. The molecule has 2 heterocycles. The highest BCUT2D eigenvalue weighted by Gasteiger charge is 2.26. The van der Waals surface area contributed by atoms with Gasteiger partial charge in [-0.25, -0.2) is 17.8 Å². The molecule has 0 unspecified atom stereocenters. The lowest BCUT2D eigenvalue weighted by atomic mass is 10.2. The summed E-state index contributed by atoms with van der Waals surface area (Å²) < 4.78 is 50.6. The first-order valence-electron chi connectivity index (χ1n) is 9.68. The molecule has 31 heavy (non-hydrogen) atoms. The van der Waals surface area contributed by atoms with Crippen molar-refractivity contribution < 1.29 is 22.3 Å².